The Morgan fingerprint density at radius 3 is 2.37 bits per heavy atom. The summed E-state index contributed by atoms with van der Waals surface area (Å²) >= 11 is 0. The standard InChI is InChI=1S/C16H23NO2/c1-12-6-7-13(2)16-15(12)14(5-3-9-18)11-17(16)8-4-10-19/h6-7,11,18-19H,3-5,8-10H2,1-2H3. The van der Waals surface area contributed by atoms with E-state index in [4.69, 9.17) is 10.2 Å². The van der Waals surface area contributed by atoms with Gasteiger partial charge in [0.25, 0.3) is 0 Å². The van der Waals surface area contributed by atoms with Crippen LogP contribution in [0.5, 0.6) is 0 Å². The topological polar surface area (TPSA) is 45.4 Å². The third kappa shape index (κ3) is 2.82. The fourth-order valence-corrected chi connectivity index (χ4v) is 2.77. The molecule has 19 heavy (non-hydrogen) atoms. The fourth-order valence-electron chi connectivity index (χ4n) is 2.77. The molecule has 0 atom stereocenters. The van der Waals surface area contributed by atoms with Crippen LogP contribution in [0.2, 0.25) is 0 Å². The first-order valence-electron chi connectivity index (χ1n) is 6.98. The van der Waals surface area contributed by atoms with Crippen LogP contribution in [0.4, 0.5) is 0 Å². The van der Waals surface area contributed by atoms with E-state index in [-0.39, 0.29) is 13.2 Å². The van der Waals surface area contributed by atoms with Gasteiger partial charge >= 0.3 is 0 Å². The monoisotopic (exact) mass is 261 g/mol. The number of rotatable bonds is 6. The van der Waals surface area contributed by atoms with Crippen molar-refractivity contribution in [2.75, 3.05) is 13.2 Å². The van der Waals surface area contributed by atoms with Gasteiger partial charge in [-0.3, -0.25) is 0 Å². The molecule has 0 fully saturated rings. The summed E-state index contributed by atoms with van der Waals surface area (Å²) in [6.07, 6.45) is 4.67. The lowest BCUT2D eigenvalue weighted by molar-refractivity contribution is 0.280. The second-order valence-corrected chi connectivity index (χ2v) is 5.18. The van der Waals surface area contributed by atoms with E-state index < -0.39 is 0 Å². The van der Waals surface area contributed by atoms with Gasteiger partial charge in [0, 0.05) is 31.3 Å². The molecule has 0 aliphatic heterocycles. The van der Waals surface area contributed by atoms with E-state index in [1.165, 1.54) is 27.6 Å². The van der Waals surface area contributed by atoms with Crippen molar-refractivity contribution in [3.63, 3.8) is 0 Å². The summed E-state index contributed by atoms with van der Waals surface area (Å²) in [7, 11) is 0. The van der Waals surface area contributed by atoms with E-state index >= 15 is 0 Å². The largest absolute Gasteiger partial charge is 0.396 e. The maximum atomic E-state index is 9.03. The normalized spacial score (nSPS) is 11.4. The van der Waals surface area contributed by atoms with E-state index in [2.05, 4.69) is 36.7 Å². The highest BCUT2D eigenvalue weighted by Gasteiger charge is 2.12. The Bertz CT molecular complexity index is 509. The van der Waals surface area contributed by atoms with E-state index in [9.17, 15) is 0 Å². The Morgan fingerprint density at radius 2 is 1.68 bits per heavy atom. The second-order valence-electron chi connectivity index (χ2n) is 5.18. The molecular weight excluding hydrogens is 238 g/mol. The third-order valence-corrected chi connectivity index (χ3v) is 3.67. The van der Waals surface area contributed by atoms with Gasteiger partial charge in [-0.2, -0.15) is 0 Å². The number of aromatic nitrogens is 1. The number of nitrogens with zero attached hydrogens (tertiary/aromatic N) is 1. The molecule has 104 valence electrons. The number of benzene rings is 1. The number of hydrogen-bond donors (Lipinski definition) is 2. The zero-order valence-electron chi connectivity index (χ0n) is 11.8. The van der Waals surface area contributed by atoms with Gasteiger partial charge in [0.15, 0.2) is 0 Å². The summed E-state index contributed by atoms with van der Waals surface area (Å²) in [5, 5.41) is 19.4. The first-order chi connectivity index (χ1) is 9.19. The molecule has 2 aromatic rings. The van der Waals surface area contributed by atoms with Crippen LogP contribution in [0.25, 0.3) is 10.9 Å². The zero-order chi connectivity index (χ0) is 13.8. The molecule has 3 nitrogen and oxygen atoms in total. The predicted molar refractivity (Wildman–Crippen MR) is 78.5 cm³/mol. The highest BCUT2D eigenvalue weighted by Crippen LogP contribution is 2.29. The van der Waals surface area contributed by atoms with E-state index in [1.54, 1.807) is 0 Å². The van der Waals surface area contributed by atoms with Gasteiger partial charge in [-0.15, -0.1) is 0 Å². The van der Waals surface area contributed by atoms with Crippen LogP contribution < -0.4 is 0 Å². The highest BCUT2D eigenvalue weighted by atomic mass is 16.3. The Hall–Kier alpha value is -1.32. The molecule has 0 spiro atoms. The molecule has 2 N–H and O–H groups in total. The first-order valence-corrected chi connectivity index (χ1v) is 6.98. The number of aryl methyl sites for hydroxylation is 4. The molecule has 0 aliphatic rings. The lowest BCUT2D eigenvalue weighted by Crippen LogP contribution is -1.99. The molecule has 0 radical (unpaired) electrons. The summed E-state index contributed by atoms with van der Waals surface area (Å²) in [5.74, 6) is 0. The van der Waals surface area contributed by atoms with Crippen molar-refractivity contribution in [1.82, 2.24) is 4.57 Å². The van der Waals surface area contributed by atoms with Crippen molar-refractivity contribution in [2.45, 2.75) is 39.7 Å². The lowest BCUT2D eigenvalue weighted by atomic mass is 10.0. The number of hydrogen-bond acceptors (Lipinski definition) is 2. The Morgan fingerprint density at radius 1 is 1.00 bits per heavy atom. The Balaban J connectivity index is 2.52. The molecule has 3 heteroatoms. The van der Waals surface area contributed by atoms with Crippen molar-refractivity contribution in [3.05, 3.63) is 35.0 Å². The summed E-state index contributed by atoms with van der Waals surface area (Å²) in [6.45, 7) is 5.56. The molecule has 0 saturated carbocycles. The fraction of sp³-hybridized carbons (Fsp3) is 0.500. The quantitative estimate of drug-likeness (QED) is 0.839. The van der Waals surface area contributed by atoms with Gasteiger partial charge in [-0.05, 0) is 49.8 Å². The molecule has 2 rings (SSSR count). The SMILES string of the molecule is Cc1ccc(C)c2c1c(CCCO)cn2CCCO. The van der Waals surface area contributed by atoms with Gasteiger partial charge in [-0.1, -0.05) is 12.1 Å². The zero-order valence-corrected chi connectivity index (χ0v) is 11.8. The van der Waals surface area contributed by atoms with Gasteiger partial charge in [0.2, 0.25) is 0 Å². The van der Waals surface area contributed by atoms with E-state index in [1.807, 2.05) is 0 Å². The smallest absolute Gasteiger partial charge is 0.0515 e. The van der Waals surface area contributed by atoms with Crippen molar-refractivity contribution in [1.29, 1.82) is 0 Å². The van der Waals surface area contributed by atoms with Crippen LogP contribution in [-0.4, -0.2) is 28.0 Å². The summed E-state index contributed by atoms with van der Waals surface area (Å²) in [5.41, 5.74) is 5.15. The molecule has 0 bridgehead atoms. The van der Waals surface area contributed by atoms with Gasteiger partial charge in [0.1, 0.15) is 0 Å². The number of fused-ring (bicyclic) bond motifs is 1. The van der Waals surface area contributed by atoms with Crippen LogP contribution in [0.3, 0.4) is 0 Å². The average molecular weight is 261 g/mol. The van der Waals surface area contributed by atoms with Gasteiger partial charge in [0.05, 0.1) is 5.52 Å². The molecule has 0 saturated heterocycles. The van der Waals surface area contributed by atoms with Gasteiger partial charge < -0.3 is 14.8 Å². The van der Waals surface area contributed by atoms with E-state index in [0.29, 0.717) is 0 Å². The first kappa shape index (κ1) is 14.1. The minimum atomic E-state index is 0.219. The van der Waals surface area contributed by atoms with Crippen molar-refractivity contribution >= 4 is 10.9 Å². The van der Waals surface area contributed by atoms with Gasteiger partial charge in [-0.25, -0.2) is 0 Å². The summed E-state index contributed by atoms with van der Waals surface area (Å²) < 4.78 is 2.25. The maximum Gasteiger partial charge on any atom is 0.0515 e. The molecule has 1 aromatic carbocycles. The van der Waals surface area contributed by atoms with E-state index in [0.717, 1.165) is 25.8 Å². The second kappa shape index (κ2) is 6.22. The van der Waals surface area contributed by atoms with Crippen molar-refractivity contribution < 1.29 is 10.2 Å². The Kier molecular flexibility index (Phi) is 4.61. The number of aliphatic hydroxyl groups excluding tert-OH is 2. The average Bonchev–Trinajstić information content (AvgIpc) is 2.78. The van der Waals surface area contributed by atoms with Crippen LogP contribution in [0.1, 0.15) is 29.5 Å². The minimum Gasteiger partial charge on any atom is -0.396 e. The maximum absolute atomic E-state index is 9.03. The lowest BCUT2D eigenvalue weighted by Gasteiger charge is -2.07. The highest BCUT2D eigenvalue weighted by molar-refractivity contribution is 5.89. The Labute approximate surface area is 114 Å². The van der Waals surface area contributed by atoms with Crippen LogP contribution in [0.15, 0.2) is 18.3 Å². The van der Waals surface area contributed by atoms with Crippen molar-refractivity contribution in [3.8, 4) is 0 Å². The summed E-state index contributed by atoms with van der Waals surface area (Å²) in [4.78, 5) is 0. The van der Waals surface area contributed by atoms with Crippen LogP contribution >= 0.6 is 0 Å². The van der Waals surface area contributed by atoms with Crippen molar-refractivity contribution in [2.24, 2.45) is 0 Å². The number of aliphatic hydroxyl groups is 2. The minimum absolute atomic E-state index is 0.219. The molecular formula is C16H23NO2. The third-order valence-electron chi connectivity index (χ3n) is 3.67. The van der Waals surface area contributed by atoms with Crippen LogP contribution in [-0.2, 0) is 13.0 Å². The molecule has 0 aliphatic carbocycles. The molecule has 0 amide bonds. The van der Waals surface area contributed by atoms with Crippen LogP contribution in [0, 0.1) is 13.8 Å². The predicted octanol–water partition coefficient (Wildman–Crippen LogP) is 2.57. The molecule has 1 aromatic heterocycles. The molecule has 1 heterocycles. The molecule has 0 unspecified atom stereocenters. The summed E-state index contributed by atoms with van der Waals surface area (Å²) in [6, 6.07) is 4.32.